The summed E-state index contributed by atoms with van der Waals surface area (Å²) < 4.78 is 26.8. The van der Waals surface area contributed by atoms with E-state index in [9.17, 15) is 13.6 Å². The average molecular weight is 457 g/mol. The van der Waals surface area contributed by atoms with Crippen molar-refractivity contribution in [1.82, 2.24) is 0 Å². The number of anilines is 1. The number of alkyl halides is 1. The molecule has 2 aromatic carbocycles. The Morgan fingerprint density at radius 1 is 1.19 bits per heavy atom. The van der Waals surface area contributed by atoms with Gasteiger partial charge in [-0.3, -0.25) is 4.79 Å². The monoisotopic (exact) mass is 455 g/mol. The van der Waals surface area contributed by atoms with Crippen LogP contribution in [0.1, 0.15) is 42.6 Å². The minimum Gasteiger partial charge on any atom is -0.307 e. The maximum atomic E-state index is 13.6. The van der Waals surface area contributed by atoms with Gasteiger partial charge < -0.3 is 4.90 Å². The van der Waals surface area contributed by atoms with Crippen LogP contribution in [0.3, 0.4) is 0 Å². The van der Waals surface area contributed by atoms with Gasteiger partial charge in [0.2, 0.25) is 5.91 Å². The number of benzene rings is 2. The van der Waals surface area contributed by atoms with Gasteiger partial charge in [0.25, 0.3) is 0 Å². The van der Waals surface area contributed by atoms with Crippen molar-refractivity contribution in [3.63, 3.8) is 0 Å². The maximum Gasteiger partial charge on any atom is 0.245 e. The molecule has 0 aliphatic carbocycles. The second kappa shape index (κ2) is 9.47. The largest absolute Gasteiger partial charge is 0.307 e. The molecule has 0 bridgehead atoms. The molecule has 144 valence electrons. The summed E-state index contributed by atoms with van der Waals surface area (Å²) in [5.41, 5.74) is 1.98. The summed E-state index contributed by atoms with van der Waals surface area (Å²) in [5.74, 6) is -2.02. The highest BCUT2D eigenvalue weighted by atomic mass is 79.9. The lowest BCUT2D eigenvalue weighted by molar-refractivity contribution is -0.118. The van der Waals surface area contributed by atoms with Gasteiger partial charge in [0.15, 0.2) is 11.6 Å². The Hall–Kier alpha value is -1.72. The van der Waals surface area contributed by atoms with Gasteiger partial charge in [-0.1, -0.05) is 59.6 Å². The van der Waals surface area contributed by atoms with Crippen molar-refractivity contribution >= 4 is 39.1 Å². The molecule has 0 heterocycles. The molecule has 27 heavy (non-hydrogen) atoms. The standard InChI is InChI=1S/C21H21BrClF2NO/c1-4-5-10-26(15-7-8-17(23)16(12-15)13(2)3)21(27)20(22)14-6-9-18(24)19(25)11-14/h4-9,11-13,20H,10H2,1-3H3. The zero-order chi connectivity index (χ0) is 20.1. The topological polar surface area (TPSA) is 20.3 Å². The molecule has 0 saturated heterocycles. The van der Waals surface area contributed by atoms with Crippen LogP contribution >= 0.6 is 27.5 Å². The average Bonchev–Trinajstić information content (AvgIpc) is 2.64. The van der Waals surface area contributed by atoms with E-state index >= 15 is 0 Å². The van der Waals surface area contributed by atoms with E-state index in [2.05, 4.69) is 15.9 Å². The highest BCUT2D eigenvalue weighted by Crippen LogP contribution is 2.32. The van der Waals surface area contributed by atoms with Crippen LogP contribution in [0, 0.1) is 11.6 Å². The maximum absolute atomic E-state index is 13.6. The Bertz CT molecular complexity index is 854. The summed E-state index contributed by atoms with van der Waals surface area (Å²) in [6, 6.07) is 8.87. The zero-order valence-electron chi connectivity index (χ0n) is 15.3. The highest BCUT2D eigenvalue weighted by molar-refractivity contribution is 9.09. The number of hydrogen-bond donors (Lipinski definition) is 0. The predicted molar refractivity (Wildman–Crippen MR) is 111 cm³/mol. The van der Waals surface area contributed by atoms with Crippen LogP contribution in [0.15, 0.2) is 48.6 Å². The number of rotatable bonds is 6. The minimum absolute atomic E-state index is 0.196. The molecular formula is C21H21BrClF2NO. The molecular weight excluding hydrogens is 436 g/mol. The summed E-state index contributed by atoms with van der Waals surface area (Å²) in [5, 5.41) is 0.642. The summed E-state index contributed by atoms with van der Waals surface area (Å²) in [6.45, 7) is 6.26. The van der Waals surface area contributed by atoms with Gasteiger partial charge in [0, 0.05) is 17.3 Å². The summed E-state index contributed by atoms with van der Waals surface area (Å²) in [7, 11) is 0. The lowest BCUT2D eigenvalue weighted by atomic mass is 10.0. The lowest BCUT2D eigenvalue weighted by Gasteiger charge is -2.25. The van der Waals surface area contributed by atoms with E-state index < -0.39 is 16.5 Å². The van der Waals surface area contributed by atoms with Gasteiger partial charge in [-0.2, -0.15) is 0 Å². The number of carbonyl (C=O) groups excluding carboxylic acids is 1. The minimum atomic E-state index is -0.988. The van der Waals surface area contributed by atoms with Gasteiger partial charge in [-0.25, -0.2) is 8.78 Å². The first-order chi connectivity index (χ1) is 12.8. The fraction of sp³-hybridized carbons (Fsp3) is 0.286. The van der Waals surface area contributed by atoms with E-state index in [1.54, 1.807) is 17.0 Å². The number of hydrogen-bond acceptors (Lipinski definition) is 1. The van der Waals surface area contributed by atoms with Crippen molar-refractivity contribution in [2.75, 3.05) is 11.4 Å². The van der Waals surface area contributed by atoms with Crippen LogP contribution in [0.25, 0.3) is 0 Å². The molecule has 2 aromatic rings. The normalized spacial score (nSPS) is 12.6. The number of nitrogens with zero attached hydrogens (tertiary/aromatic N) is 1. The van der Waals surface area contributed by atoms with Crippen LogP contribution in [0.2, 0.25) is 5.02 Å². The summed E-state index contributed by atoms with van der Waals surface area (Å²) in [4.78, 5) is 13.9. The second-order valence-electron chi connectivity index (χ2n) is 6.41. The molecule has 0 N–H and O–H groups in total. The summed E-state index contributed by atoms with van der Waals surface area (Å²) >= 11 is 9.60. The van der Waals surface area contributed by atoms with E-state index in [-0.39, 0.29) is 11.8 Å². The number of allylic oxidation sites excluding steroid dienone is 1. The van der Waals surface area contributed by atoms with Crippen LogP contribution < -0.4 is 4.90 Å². The molecule has 1 unspecified atom stereocenters. The van der Waals surface area contributed by atoms with E-state index in [0.717, 1.165) is 17.7 Å². The third kappa shape index (κ3) is 5.17. The Morgan fingerprint density at radius 3 is 2.48 bits per heavy atom. The van der Waals surface area contributed by atoms with E-state index in [1.807, 2.05) is 39.0 Å². The molecule has 1 atom stereocenters. The highest BCUT2D eigenvalue weighted by Gasteiger charge is 2.25. The first-order valence-corrected chi connectivity index (χ1v) is 9.86. The quantitative estimate of drug-likeness (QED) is 0.346. The zero-order valence-corrected chi connectivity index (χ0v) is 17.7. The first kappa shape index (κ1) is 21.6. The van der Waals surface area contributed by atoms with Crippen molar-refractivity contribution in [1.29, 1.82) is 0 Å². The predicted octanol–water partition coefficient (Wildman–Crippen LogP) is 6.79. The Balaban J connectivity index is 2.41. The molecule has 1 amide bonds. The smallest absolute Gasteiger partial charge is 0.245 e. The van der Waals surface area contributed by atoms with Gasteiger partial charge >= 0.3 is 0 Å². The van der Waals surface area contributed by atoms with Crippen molar-refractivity contribution in [2.24, 2.45) is 0 Å². The molecule has 6 heteroatoms. The Labute approximate surface area is 172 Å². The third-order valence-electron chi connectivity index (χ3n) is 4.16. The molecule has 0 aliphatic heterocycles. The number of amides is 1. The molecule has 0 fully saturated rings. The first-order valence-electron chi connectivity index (χ1n) is 8.57. The van der Waals surface area contributed by atoms with Crippen molar-refractivity contribution < 1.29 is 13.6 Å². The van der Waals surface area contributed by atoms with Crippen molar-refractivity contribution in [3.8, 4) is 0 Å². The molecule has 0 radical (unpaired) electrons. The molecule has 0 aliphatic rings. The van der Waals surface area contributed by atoms with Crippen molar-refractivity contribution in [3.05, 3.63) is 76.3 Å². The van der Waals surface area contributed by atoms with Crippen molar-refractivity contribution in [2.45, 2.75) is 31.5 Å². The molecule has 0 aromatic heterocycles. The van der Waals surface area contributed by atoms with Gasteiger partial charge in [0.05, 0.1) is 0 Å². The van der Waals surface area contributed by atoms with Gasteiger partial charge in [0.1, 0.15) is 4.83 Å². The van der Waals surface area contributed by atoms with Gasteiger partial charge in [-0.05, 0) is 54.3 Å². The second-order valence-corrected chi connectivity index (χ2v) is 7.74. The SMILES string of the molecule is CC=CCN(C(=O)C(Br)c1ccc(F)c(F)c1)c1ccc(Cl)c(C(C)C)c1. The number of carbonyl (C=O) groups is 1. The van der Waals surface area contributed by atoms with E-state index in [0.29, 0.717) is 22.8 Å². The fourth-order valence-electron chi connectivity index (χ4n) is 2.62. The van der Waals surface area contributed by atoms with E-state index in [1.165, 1.54) is 6.07 Å². The summed E-state index contributed by atoms with van der Waals surface area (Å²) in [6.07, 6.45) is 3.70. The molecule has 2 rings (SSSR count). The van der Waals surface area contributed by atoms with E-state index in [4.69, 9.17) is 11.6 Å². The molecule has 2 nitrogen and oxygen atoms in total. The van der Waals surface area contributed by atoms with Crippen LogP contribution in [-0.2, 0) is 4.79 Å². The Morgan fingerprint density at radius 2 is 1.89 bits per heavy atom. The lowest BCUT2D eigenvalue weighted by Crippen LogP contribution is -2.33. The Kier molecular flexibility index (Phi) is 7.57. The van der Waals surface area contributed by atoms with Crippen LogP contribution in [-0.4, -0.2) is 12.5 Å². The van der Waals surface area contributed by atoms with Crippen LogP contribution in [0.4, 0.5) is 14.5 Å². The van der Waals surface area contributed by atoms with Crippen LogP contribution in [0.5, 0.6) is 0 Å². The third-order valence-corrected chi connectivity index (χ3v) is 5.42. The number of halogens is 4. The molecule has 0 saturated carbocycles. The fourth-order valence-corrected chi connectivity index (χ4v) is 3.49. The van der Waals surface area contributed by atoms with Gasteiger partial charge in [-0.15, -0.1) is 0 Å². The molecule has 0 spiro atoms.